The van der Waals surface area contributed by atoms with Crippen molar-refractivity contribution in [3.63, 3.8) is 0 Å². The Labute approximate surface area is 139 Å². The van der Waals surface area contributed by atoms with Gasteiger partial charge in [-0.3, -0.25) is 4.79 Å². The monoisotopic (exact) mass is 325 g/mol. The number of pyridine rings is 1. The van der Waals surface area contributed by atoms with E-state index in [-0.39, 0.29) is 5.78 Å². The van der Waals surface area contributed by atoms with Gasteiger partial charge in [0, 0.05) is 22.9 Å². The Morgan fingerprint density at radius 3 is 2.61 bits per heavy atom. The van der Waals surface area contributed by atoms with E-state index in [2.05, 4.69) is 4.98 Å². The number of carbonyl (C=O) groups excluding carboxylic acids is 1. The summed E-state index contributed by atoms with van der Waals surface area (Å²) >= 11 is 6.22. The number of benzene rings is 2. The molecule has 3 nitrogen and oxygen atoms in total. The van der Waals surface area contributed by atoms with Crippen molar-refractivity contribution in [1.29, 1.82) is 0 Å². The largest absolute Gasteiger partial charge is 0.489 e. The first-order chi connectivity index (χ1) is 11.2. The minimum atomic E-state index is 0.123. The second kappa shape index (κ2) is 6.80. The summed E-state index contributed by atoms with van der Waals surface area (Å²) in [7, 11) is 0. The number of rotatable bonds is 5. The van der Waals surface area contributed by atoms with Crippen LogP contribution in [0.2, 0.25) is 5.15 Å². The summed E-state index contributed by atoms with van der Waals surface area (Å²) < 4.78 is 5.75. The molecular weight excluding hydrogens is 310 g/mol. The number of Topliss-reactive ketones (excluding diaryl/α,β-unsaturated/α-hetero) is 1. The summed E-state index contributed by atoms with van der Waals surface area (Å²) in [6.07, 6.45) is 0.499. The molecule has 23 heavy (non-hydrogen) atoms. The van der Waals surface area contributed by atoms with Crippen molar-refractivity contribution in [2.45, 2.75) is 20.0 Å². The zero-order chi connectivity index (χ0) is 16.2. The fourth-order valence-corrected chi connectivity index (χ4v) is 2.54. The first kappa shape index (κ1) is 15.5. The summed E-state index contributed by atoms with van der Waals surface area (Å²) in [5.41, 5.74) is 2.40. The molecule has 116 valence electrons. The molecule has 0 saturated heterocycles. The number of para-hydroxylation sites is 1. The highest BCUT2D eigenvalue weighted by atomic mass is 35.5. The molecule has 0 atom stereocenters. The van der Waals surface area contributed by atoms with Crippen LogP contribution in [0.15, 0.2) is 54.6 Å². The van der Waals surface area contributed by atoms with Crippen LogP contribution >= 0.6 is 11.6 Å². The van der Waals surface area contributed by atoms with Gasteiger partial charge in [0.15, 0.2) is 5.78 Å². The fourth-order valence-electron chi connectivity index (χ4n) is 2.34. The van der Waals surface area contributed by atoms with E-state index in [0.717, 1.165) is 16.5 Å². The molecule has 0 bridgehead atoms. The van der Waals surface area contributed by atoms with E-state index in [1.54, 1.807) is 24.3 Å². The molecule has 0 unspecified atom stereocenters. The zero-order valence-corrected chi connectivity index (χ0v) is 13.5. The Bertz CT molecular complexity index is 844. The lowest BCUT2D eigenvalue weighted by Crippen LogP contribution is -1.99. The summed E-state index contributed by atoms with van der Waals surface area (Å²) in [5.74, 6) is 0.820. The molecule has 0 aliphatic rings. The maximum atomic E-state index is 11.6. The second-order valence-electron chi connectivity index (χ2n) is 5.22. The van der Waals surface area contributed by atoms with Crippen LogP contribution in [0.4, 0.5) is 0 Å². The van der Waals surface area contributed by atoms with Gasteiger partial charge in [-0.25, -0.2) is 4.98 Å². The molecule has 0 N–H and O–H groups in total. The van der Waals surface area contributed by atoms with Gasteiger partial charge in [0.25, 0.3) is 0 Å². The van der Waals surface area contributed by atoms with Crippen molar-refractivity contribution in [3.8, 4) is 5.75 Å². The van der Waals surface area contributed by atoms with Gasteiger partial charge in [-0.2, -0.15) is 0 Å². The average molecular weight is 326 g/mol. The number of ether oxygens (including phenoxy) is 1. The SMILES string of the molecule is CCC(=O)c1ccc(OCc2cc3ccccc3nc2Cl)cc1. The second-order valence-corrected chi connectivity index (χ2v) is 5.58. The highest BCUT2D eigenvalue weighted by Crippen LogP contribution is 2.22. The van der Waals surface area contributed by atoms with Crippen molar-refractivity contribution < 1.29 is 9.53 Å². The van der Waals surface area contributed by atoms with Crippen molar-refractivity contribution in [2.24, 2.45) is 0 Å². The number of aromatic nitrogens is 1. The third kappa shape index (κ3) is 3.51. The molecule has 4 heteroatoms. The molecular formula is C19H16ClNO2. The van der Waals surface area contributed by atoms with Crippen molar-refractivity contribution >= 4 is 28.3 Å². The van der Waals surface area contributed by atoms with E-state index < -0.39 is 0 Å². The maximum absolute atomic E-state index is 11.6. The smallest absolute Gasteiger partial charge is 0.162 e. The quantitative estimate of drug-likeness (QED) is 0.486. The Balaban J connectivity index is 1.75. The maximum Gasteiger partial charge on any atom is 0.162 e. The molecule has 1 aromatic heterocycles. The summed E-state index contributed by atoms with van der Waals surface area (Å²) in [6.45, 7) is 2.18. The molecule has 0 saturated carbocycles. The first-order valence-electron chi connectivity index (χ1n) is 7.47. The predicted molar refractivity (Wildman–Crippen MR) is 92.1 cm³/mol. The van der Waals surface area contributed by atoms with E-state index in [9.17, 15) is 4.79 Å². The van der Waals surface area contributed by atoms with Gasteiger partial charge in [0.1, 0.15) is 17.5 Å². The lowest BCUT2D eigenvalue weighted by Gasteiger charge is -2.09. The van der Waals surface area contributed by atoms with Gasteiger partial charge < -0.3 is 4.74 Å². The molecule has 0 spiro atoms. The van der Waals surface area contributed by atoms with Crippen LogP contribution < -0.4 is 4.74 Å². The van der Waals surface area contributed by atoms with Gasteiger partial charge >= 0.3 is 0 Å². The number of fused-ring (bicyclic) bond motifs is 1. The first-order valence-corrected chi connectivity index (χ1v) is 7.85. The van der Waals surface area contributed by atoms with Gasteiger partial charge in [-0.05, 0) is 36.4 Å². The van der Waals surface area contributed by atoms with Crippen molar-refractivity contribution in [1.82, 2.24) is 4.98 Å². The molecule has 3 rings (SSSR count). The summed E-state index contributed by atoms with van der Waals surface area (Å²) in [4.78, 5) is 16.0. The Morgan fingerprint density at radius 2 is 1.87 bits per heavy atom. The molecule has 0 aliphatic carbocycles. The Morgan fingerprint density at radius 1 is 1.13 bits per heavy atom. The molecule has 1 heterocycles. The van der Waals surface area contributed by atoms with Gasteiger partial charge in [-0.15, -0.1) is 0 Å². The number of hydrogen-bond donors (Lipinski definition) is 0. The van der Waals surface area contributed by atoms with Crippen LogP contribution in [-0.4, -0.2) is 10.8 Å². The highest BCUT2D eigenvalue weighted by molar-refractivity contribution is 6.30. The average Bonchev–Trinajstić information content (AvgIpc) is 2.59. The Hall–Kier alpha value is -2.39. The highest BCUT2D eigenvalue weighted by Gasteiger charge is 2.07. The predicted octanol–water partition coefficient (Wildman–Crippen LogP) is 5.06. The van der Waals surface area contributed by atoms with E-state index in [1.807, 2.05) is 37.3 Å². The van der Waals surface area contributed by atoms with Crippen molar-refractivity contribution in [3.05, 3.63) is 70.9 Å². The van der Waals surface area contributed by atoms with Gasteiger partial charge in [0.2, 0.25) is 0 Å². The minimum absolute atomic E-state index is 0.123. The summed E-state index contributed by atoms with van der Waals surface area (Å²) in [5, 5.41) is 1.47. The number of carbonyl (C=O) groups is 1. The van der Waals surface area contributed by atoms with Crippen LogP contribution in [-0.2, 0) is 6.61 Å². The third-order valence-electron chi connectivity index (χ3n) is 3.64. The van der Waals surface area contributed by atoms with E-state index in [4.69, 9.17) is 16.3 Å². The molecule has 0 amide bonds. The van der Waals surface area contributed by atoms with Crippen LogP contribution in [0.5, 0.6) is 5.75 Å². The van der Waals surface area contributed by atoms with Gasteiger partial charge in [0.05, 0.1) is 5.52 Å². The van der Waals surface area contributed by atoms with Crippen molar-refractivity contribution in [2.75, 3.05) is 0 Å². The number of hydrogen-bond acceptors (Lipinski definition) is 3. The minimum Gasteiger partial charge on any atom is -0.489 e. The van der Waals surface area contributed by atoms with Crippen LogP contribution in [0.25, 0.3) is 10.9 Å². The molecule has 3 aromatic rings. The third-order valence-corrected chi connectivity index (χ3v) is 3.97. The lowest BCUT2D eigenvalue weighted by molar-refractivity contribution is 0.0988. The van der Waals surface area contributed by atoms with Gasteiger partial charge in [-0.1, -0.05) is 36.7 Å². The zero-order valence-electron chi connectivity index (χ0n) is 12.8. The van der Waals surface area contributed by atoms with E-state index in [0.29, 0.717) is 29.5 Å². The topological polar surface area (TPSA) is 39.2 Å². The summed E-state index contributed by atoms with van der Waals surface area (Å²) in [6, 6.07) is 17.0. The van der Waals surface area contributed by atoms with E-state index in [1.165, 1.54) is 0 Å². The Kier molecular flexibility index (Phi) is 4.58. The normalized spacial score (nSPS) is 10.7. The number of ketones is 1. The fraction of sp³-hybridized carbons (Fsp3) is 0.158. The van der Waals surface area contributed by atoms with Crippen LogP contribution in [0.1, 0.15) is 29.3 Å². The number of nitrogens with zero attached hydrogens (tertiary/aromatic N) is 1. The lowest BCUT2D eigenvalue weighted by atomic mass is 10.1. The molecule has 2 aromatic carbocycles. The van der Waals surface area contributed by atoms with Crippen LogP contribution in [0.3, 0.4) is 0 Å². The van der Waals surface area contributed by atoms with Crippen LogP contribution in [0, 0.1) is 0 Å². The molecule has 0 aliphatic heterocycles. The number of halogens is 1. The molecule has 0 radical (unpaired) electrons. The molecule has 0 fully saturated rings. The van der Waals surface area contributed by atoms with E-state index >= 15 is 0 Å². The standard InChI is InChI=1S/C19H16ClNO2/c1-2-18(22)13-7-9-16(10-8-13)23-12-15-11-14-5-3-4-6-17(14)21-19(15)20/h3-11H,2,12H2,1H3.